The van der Waals surface area contributed by atoms with Crippen LogP contribution < -0.4 is 4.72 Å². The van der Waals surface area contributed by atoms with Gasteiger partial charge in [0.2, 0.25) is 16.0 Å². The predicted octanol–water partition coefficient (Wildman–Crippen LogP) is 0.910. The highest BCUT2D eigenvalue weighted by Gasteiger charge is 2.36. The Balaban J connectivity index is 2.00. The van der Waals surface area contributed by atoms with Crippen molar-refractivity contribution in [1.82, 2.24) is 19.9 Å². The second-order valence-electron chi connectivity index (χ2n) is 3.79. The molecule has 7 nitrogen and oxygen atoms in total. The first-order valence-electron chi connectivity index (χ1n) is 4.94. The summed E-state index contributed by atoms with van der Waals surface area (Å²) in [5, 5.41) is -0.194. The number of H-pyrrole nitrogens is 1. The van der Waals surface area contributed by atoms with E-state index in [-0.39, 0.29) is 16.4 Å². The van der Waals surface area contributed by atoms with E-state index in [4.69, 9.17) is 11.6 Å². The van der Waals surface area contributed by atoms with Crippen molar-refractivity contribution in [2.24, 2.45) is 0 Å². The average Bonchev–Trinajstić information content (AvgIpc) is 2.99. The maximum atomic E-state index is 11.7. The van der Waals surface area contributed by atoms with Crippen LogP contribution in [-0.2, 0) is 10.0 Å². The van der Waals surface area contributed by atoms with Crippen LogP contribution >= 0.6 is 11.6 Å². The molecular formula is C8H8ClN5O2S. The van der Waals surface area contributed by atoms with E-state index >= 15 is 0 Å². The summed E-state index contributed by atoms with van der Waals surface area (Å²) >= 11 is 5.87. The van der Waals surface area contributed by atoms with Crippen molar-refractivity contribution < 1.29 is 8.42 Å². The number of sulfonamides is 1. The highest BCUT2D eigenvalue weighted by Crippen LogP contribution is 2.29. The summed E-state index contributed by atoms with van der Waals surface area (Å²) < 4.78 is 25.7. The first kappa shape index (κ1) is 10.7. The van der Waals surface area contributed by atoms with Gasteiger partial charge in [0.15, 0.2) is 10.8 Å². The molecule has 1 fully saturated rings. The van der Waals surface area contributed by atoms with Crippen molar-refractivity contribution in [3.05, 3.63) is 11.5 Å². The summed E-state index contributed by atoms with van der Waals surface area (Å²) in [5.41, 5.74) is 0.819. The molecule has 0 saturated heterocycles. The normalized spacial score (nSPS) is 16.3. The fraction of sp³-hybridized carbons (Fsp3) is 0.375. The molecule has 1 saturated carbocycles. The molecular weight excluding hydrogens is 266 g/mol. The maximum Gasteiger partial charge on any atom is 0.240 e. The number of hydrogen-bond donors (Lipinski definition) is 2. The van der Waals surface area contributed by atoms with Crippen molar-refractivity contribution in [2.45, 2.75) is 18.1 Å². The Morgan fingerprint density at radius 3 is 2.88 bits per heavy atom. The van der Waals surface area contributed by atoms with Gasteiger partial charge in [-0.25, -0.2) is 13.4 Å². The zero-order chi connectivity index (χ0) is 12.0. The molecule has 2 aromatic heterocycles. The van der Waals surface area contributed by atoms with Gasteiger partial charge in [-0.15, -0.1) is 0 Å². The Morgan fingerprint density at radius 1 is 1.41 bits per heavy atom. The minimum Gasteiger partial charge on any atom is -0.341 e. The molecule has 1 aliphatic carbocycles. The van der Waals surface area contributed by atoms with E-state index in [1.165, 1.54) is 6.33 Å². The van der Waals surface area contributed by atoms with Crippen molar-refractivity contribution in [3.8, 4) is 0 Å². The van der Waals surface area contributed by atoms with Crippen LogP contribution in [-0.4, -0.2) is 33.6 Å². The number of hydrogen-bond acceptors (Lipinski definition) is 5. The first-order chi connectivity index (χ1) is 8.06. The van der Waals surface area contributed by atoms with Gasteiger partial charge in [-0.2, -0.15) is 9.97 Å². The maximum absolute atomic E-state index is 11.7. The summed E-state index contributed by atoms with van der Waals surface area (Å²) in [6.45, 7) is 0. The van der Waals surface area contributed by atoms with Gasteiger partial charge in [0.25, 0.3) is 0 Å². The lowest BCUT2D eigenvalue weighted by Crippen LogP contribution is -2.19. The van der Waals surface area contributed by atoms with Crippen LogP contribution in [0.15, 0.2) is 6.33 Å². The van der Waals surface area contributed by atoms with Gasteiger partial charge in [-0.3, -0.25) is 4.72 Å². The quantitative estimate of drug-likeness (QED) is 0.810. The minimum atomic E-state index is -3.38. The largest absolute Gasteiger partial charge is 0.341 e. The molecule has 0 aliphatic heterocycles. The molecule has 1 aliphatic rings. The summed E-state index contributed by atoms with van der Waals surface area (Å²) in [6, 6.07) is 0. The van der Waals surface area contributed by atoms with Gasteiger partial charge in [0.1, 0.15) is 5.52 Å². The van der Waals surface area contributed by atoms with Crippen LogP contribution in [0.2, 0.25) is 5.15 Å². The molecule has 2 N–H and O–H groups in total. The molecule has 0 amide bonds. The number of fused-ring (bicyclic) bond motifs is 1. The molecule has 2 aromatic rings. The van der Waals surface area contributed by atoms with Crippen molar-refractivity contribution in [1.29, 1.82) is 0 Å². The molecule has 0 radical (unpaired) electrons. The molecule has 0 unspecified atom stereocenters. The van der Waals surface area contributed by atoms with E-state index in [0.29, 0.717) is 24.0 Å². The summed E-state index contributed by atoms with van der Waals surface area (Å²) in [6.07, 6.45) is 2.77. The lowest BCUT2D eigenvalue weighted by atomic mass is 10.6. The molecule has 17 heavy (non-hydrogen) atoms. The third-order valence-corrected chi connectivity index (χ3v) is 4.53. The van der Waals surface area contributed by atoms with E-state index in [2.05, 4.69) is 24.7 Å². The number of aromatic nitrogens is 4. The molecule has 90 valence electrons. The van der Waals surface area contributed by atoms with E-state index < -0.39 is 10.0 Å². The smallest absolute Gasteiger partial charge is 0.240 e. The zero-order valence-corrected chi connectivity index (χ0v) is 10.1. The van der Waals surface area contributed by atoms with E-state index in [1.54, 1.807) is 0 Å². The third-order valence-electron chi connectivity index (χ3n) is 2.44. The zero-order valence-electron chi connectivity index (χ0n) is 8.51. The number of nitrogens with zero attached hydrogens (tertiary/aromatic N) is 3. The summed E-state index contributed by atoms with van der Waals surface area (Å²) in [5.74, 6) is -0.0403. The van der Waals surface area contributed by atoms with Gasteiger partial charge in [0.05, 0.1) is 11.6 Å². The summed E-state index contributed by atoms with van der Waals surface area (Å²) in [7, 11) is -3.38. The molecule has 2 heterocycles. The van der Waals surface area contributed by atoms with E-state index in [9.17, 15) is 8.42 Å². The second-order valence-corrected chi connectivity index (χ2v) is 6.10. The topological polar surface area (TPSA) is 101 Å². The van der Waals surface area contributed by atoms with Crippen molar-refractivity contribution in [3.63, 3.8) is 0 Å². The van der Waals surface area contributed by atoms with Crippen LogP contribution in [0, 0.1) is 0 Å². The Bertz CT molecular complexity index is 678. The van der Waals surface area contributed by atoms with Crippen LogP contribution in [0.4, 0.5) is 5.95 Å². The number of aromatic amines is 1. The van der Waals surface area contributed by atoms with E-state index in [0.717, 1.165) is 0 Å². The molecule has 9 heteroatoms. The fourth-order valence-corrected chi connectivity index (χ4v) is 2.92. The van der Waals surface area contributed by atoms with Gasteiger partial charge >= 0.3 is 0 Å². The lowest BCUT2D eigenvalue weighted by molar-refractivity contribution is 0.599. The monoisotopic (exact) mass is 273 g/mol. The van der Waals surface area contributed by atoms with Crippen LogP contribution in [0.1, 0.15) is 12.8 Å². The Morgan fingerprint density at radius 2 is 2.18 bits per heavy atom. The van der Waals surface area contributed by atoms with Gasteiger partial charge in [-0.1, -0.05) is 11.6 Å². The Hall–Kier alpha value is -1.41. The number of imidazole rings is 1. The molecule has 3 rings (SSSR count). The van der Waals surface area contributed by atoms with Crippen molar-refractivity contribution in [2.75, 3.05) is 4.72 Å². The third kappa shape index (κ3) is 1.93. The van der Waals surface area contributed by atoms with Crippen LogP contribution in [0.5, 0.6) is 0 Å². The van der Waals surface area contributed by atoms with Gasteiger partial charge in [0, 0.05) is 0 Å². The molecule has 0 bridgehead atoms. The number of nitrogens with one attached hydrogen (secondary N) is 2. The Labute approximate surface area is 102 Å². The molecule has 0 aromatic carbocycles. The lowest BCUT2D eigenvalue weighted by Gasteiger charge is -2.04. The predicted molar refractivity (Wildman–Crippen MR) is 62.3 cm³/mol. The Kier molecular flexibility index (Phi) is 2.23. The number of rotatable bonds is 3. The molecule has 0 spiro atoms. The summed E-state index contributed by atoms with van der Waals surface area (Å²) in [4.78, 5) is 14.5. The standard InChI is InChI=1S/C8H8ClN5O2S/c9-6-5-7(11-3-10-5)13-8(12-6)14-17(15,16)4-1-2-4/h3-4H,1-2H2,(H2,10,11,12,13,14). The second kappa shape index (κ2) is 3.54. The number of halogens is 1. The van der Waals surface area contributed by atoms with Crippen LogP contribution in [0.3, 0.4) is 0 Å². The van der Waals surface area contributed by atoms with E-state index in [1.807, 2.05) is 0 Å². The SMILES string of the molecule is O=S(=O)(Nc1nc(Cl)c2[nH]cnc2n1)C1CC1. The first-order valence-corrected chi connectivity index (χ1v) is 6.87. The fourth-order valence-electron chi connectivity index (χ4n) is 1.43. The average molecular weight is 274 g/mol. The highest BCUT2D eigenvalue weighted by molar-refractivity contribution is 7.93. The highest BCUT2D eigenvalue weighted by atomic mass is 35.5. The molecule has 0 atom stereocenters. The minimum absolute atomic E-state index is 0.0403. The number of anilines is 1. The van der Waals surface area contributed by atoms with Crippen molar-refractivity contribution >= 4 is 38.7 Å². The van der Waals surface area contributed by atoms with Crippen LogP contribution in [0.25, 0.3) is 11.2 Å². The van der Waals surface area contributed by atoms with Gasteiger partial charge < -0.3 is 4.98 Å². The van der Waals surface area contributed by atoms with Gasteiger partial charge in [-0.05, 0) is 12.8 Å².